The maximum Gasteiger partial charge on any atom is 0.271 e. The molecule has 1 heterocycles. The van der Waals surface area contributed by atoms with E-state index in [9.17, 15) is 9.59 Å². The summed E-state index contributed by atoms with van der Waals surface area (Å²) in [5.74, 6) is 0.0938. The molecule has 1 aromatic carbocycles. The number of aromatic nitrogens is 1. The van der Waals surface area contributed by atoms with Crippen LogP contribution in [0.2, 0.25) is 5.02 Å². The van der Waals surface area contributed by atoms with E-state index in [1.54, 1.807) is 24.3 Å². The molecule has 1 amide bonds. The van der Waals surface area contributed by atoms with Gasteiger partial charge in [0, 0.05) is 15.7 Å². The van der Waals surface area contributed by atoms with Crippen LogP contribution in [0.1, 0.15) is 0 Å². The van der Waals surface area contributed by atoms with E-state index in [1.165, 1.54) is 12.3 Å². The fraction of sp³-hybridized carbons (Fsp3) is 0.0769. The number of hydrogen-bond acceptors (Lipinski definition) is 3. The molecule has 0 aliphatic heterocycles. The lowest BCUT2D eigenvalue weighted by atomic mass is 10.3. The Balaban J connectivity index is 1.94. The highest BCUT2D eigenvalue weighted by molar-refractivity contribution is 9.10. The van der Waals surface area contributed by atoms with E-state index >= 15 is 0 Å². The molecule has 0 fully saturated rings. The van der Waals surface area contributed by atoms with Gasteiger partial charge in [-0.1, -0.05) is 11.6 Å². The van der Waals surface area contributed by atoms with Gasteiger partial charge in [-0.2, -0.15) is 0 Å². The molecule has 104 valence electrons. The van der Waals surface area contributed by atoms with Crippen LogP contribution in [0.3, 0.4) is 0 Å². The van der Waals surface area contributed by atoms with Gasteiger partial charge >= 0.3 is 0 Å². The average Bonchev–Trinajstić information content (AvgIpc) is 2.42. The number of amides is 1. The van der Waals surface area contributed by atoms with Crippen molar-refractivity contribution in [3.05, 3.63) is 56.4 Å². The second-order valence-corrected chi connectivity index (χ2v) is 5.20. The lowest BCUT2D eigenvalue weighted by Gasteiger charge is -2.07. The minimum Gasteiger partial charge on any atom is -0.484 e. The fourth-order valence-corrected chi connectivity index (χ4v) is 1.89. The topological polar surface area (TPSA) is 71.2 Å². The molecule has 2 N–H and O–H groups in total. The molecular weight excluding hydrogens is 348 g/mol. The van der Waals surface area contributed by atoms with Crippen molar-refractivity contribution in [1.29, 1.82) is 0 Å². The lowest BCUT2D eigenvalue weighted by Crippen LogP contribution is -2.24. The zero-order valence-electron chi connectivity index (χ0n) is 10.2. The summed E-state index contributed by atoms with van der Waals surface area (Å²) in [6, 6.07) is 8.14. The number of halogens is 2. The van der Waals surface area contributed by atoms with E-state index in [0.29, 0.717) is 15.2 Å². The van der Waals surface area contributed by atoms with Crippen LogP contribution in [0.4, 0.5) is 5.69 Å². The molecule has 5 nitrogen and oxygen atoms in total. The molecule has 2 aromatic rings. The summed E-state index contributed by atoms with van der Waals surface area (Å²) in [4.78, 5) is 25.6. The number of carbonyl (C=O) groups excluding carboxylic acids is 1. The number of benzene rings is 1. The number of aromatic amines is 1. The third-order valence-electron chi connectivity index (χ3n) is 2.33. The molecular formula is C13H10BrClN2O3. The highest BCUT2D eigenvalue weighted by atomic mass is 79.9. The van der Waals surface area contributed by atoms with E-state index < -0.39 is 5.91 Å². The molecule has 7 heteroatoms. The van der Waals surface area contributed by atoms with Crippen LogP contribution in [-0.2, 0) is 4.79 Å². The van der Waals surface area contributed by atoms with Crippen molar-refractivity contribution >= 4 is 39.1 Å². The molecule has 0 saturated heterocycles. The number of carbonyl (C=O) groups is 1. The Morgan fingerprint density at radius 2 is 2.05 bits per heavy atom. The van der Waals surface area contributed by atoms with Crippen LogP contribution >= 0.6 is 27.5 Å². The first-order valence-electron chi connectivity index (χ1n) is 5.61. The molecule has 0 bridgehead atoms. The van der Waals surface area contributed by atoms with Crippen LogP contribution < -0.4 is 15.6 Å². The van der Waals surface area contributed by atoms with Crippen LogP contribution in [-0.4, -0.2) is 17.5 Å². The van der Waals surface area contributed by atoms with Gasteiger partial charge in [-0.3, -0.25) is 9.59 Å². The predicted molar refractivity (Wildman–Crippen MR) is 80.3 cm³/mol. The second-order valence-electron chi connectivity index (χ2n) is 3.85. The summed E-state index contributed by atoms with van der Waals surface area (Å²) >= 11 is 8.94. The molecule has 0 spiro atoms. The largest absolute Gasteiger partial charge is 0.484 e. The van der Waals surface area contributed by atoms with Crippen molar-refractivity contribution < 1.29 is 9.53 Å². The van der Waals surface area contributed by atoms with Crippen molar-refractivity contribution in [1.82, 2.24) is 4.98 Å². The Hall–Kier alpha value is -1.79. The Morgan fingerprint density at radius 3 is 2.75 bits per heavy atom. The van der Waals surface area contributed by atoms with E-state index in [2.05, 4.69) is 26.2 Å². The Kier molecular flexibility index (Phi) is 4.81. The minimum absolute atomic E-state index is 0.157. The fourth-order valence-electron chi connectivity index (χ4n) is 1.42. The normalized spacial score (nSPS) is 10.1. The third kappa shape index (κ3) is 4.11. The maximum atomic E-state index is 11.7. The van der Waals surface area contributed by atoms with E-state index in [1.807, 2.05) is 0 Å². The van der Waals surface area contributed by atoms with Gasteiger partial charge in [0.05, 0.1) is 0 Å². The predicted octanol–water partition coefficient (Wildman–Crippen LogP) is 2.81. The van der Waals surface area contributed by atoms with Crippen LogP contribution in [0.25, 0.3) is 0 Å². The van der Waals surface area contributed by atoms with Crippen molar-refractivity contribution in [3.8, 4) is 5.75 Å². The number of rotatable bonds is 4. The van der Waals surface area contributed by atoms with Gasteiger partial charge in [0.2, 0.25) is 0 Å². The maximum absolute atomic E-state index is 11.7. The number of anilines is 1. The monoisotopic (exact) mass is 356 g/mol. The first-order chi connectivity index (χ1) is 9.54. The minimum atomic E-state index is -0.427. The summed E-state index contributed by atoms with van der Waals surface area (Å²) in [6.07, 6.45) is 1.49. The summed E-state index contributed by atoms with van der Waals surface area (Å²) in [7, 11) is 0. The molecule has 1 aromatic heterocycles. The second kappa shape index (κ2) is 6.58. The molecule has 0 saturated carbocycles. The lowest BCUT2D eigenvalue weighted by molar-refractivity contribution is -0.118. The first kappa shape index (κ1) is 14.6. The molecule has 2 rings (SSSR count). The summed E-state index contributed by atoms with van der Waals surface area (Å²) in [5, 5.41) is 3.05. The molecule has 0 radical (unpaired) electrons. The van der Waals surface area contributed by atoms with Crippen LogP contribution in [0.5, 0.6) is 5.75 Å². The van der Waals surface area contributed by atoms with E-state index in [-0.39, 0.29) is 17.9 Å². The summed E-state index contributed by atoms with van der Waals surface area (Å²) < 4.78 is 5.93. The van der Waals surface area contributed by atoms with Gasteiger partial charge in [0.15, 0.2) is 6.61 Å². The molecule has 0 aliphatic carbocycles. The van der Waals surface area contributed by atoms with E-state index in [0.717, 1.165) is 0 Å². The highest BCUT2D eigenvalue weighted by Gasteiger charge is 2.07. The smallest absolute Gasteiger partial charge is 0.271 e. The van der Waals surface area contributed by atoms with Gasteiger partial charge < -0.3 is 15.0 Å². The standard InChI is InChI=1S/C13H10BrClN2O3/c14-8-5-11(13(19)16-6-8)17-12(18)7-20-10-3-1-9(15)2-4-10/h1-6H,7H2,(H,16,19)(H,17,18). The number of nitrogens with one attached hydrogen (secondary N) is 2. The Labute approximate surface area is 128 Å². The number of ether oxygens (including phenoxy) is 1. The van der Waals surface area contributed by atoms with Crippen LogP contribution in [0.15, 0.2) is 45.8 Å². The van der Waals surface area contributed by atoms with Gasteiger partial charge in [0.1, 0.15) is 11.4 Å². The quantitative estimate of drug-likeness (QED) is 0.884. The SMILES string of the molecule is O=C(COc1ccc(Cl)cc1)Nc1cc(Br)c[nH]c1=O. The van der Waals surface area contributed by atoms with Crippen LogP contribution in [0, 0.1) is 0 Å². The number of H-pyrrole nitrogens is 1. The zero-order chi connectivity index (χ0) is 14.5. The third-order valence-corrected chi connectivity index (χ3v) is 3.04. The number of hydrogen-bond donors (Lipinski definition) is 2. The van der Waals surface area contributed by atoms with Gasteiger partial charge in [-0.25, -0.2) is 0 Å². The van der Waals surface area contributed by atoms with Gasteiger partial charge in [0.25, 0.3) is 11.5 Å². The average molecular weight is 358 g/mol. The van der Waals surface area contributed by atoms with Crippen molar-refractivity contribution in [3.63, 3.8) is 0 Å². The van der Waals surface area contributed by atoms with Gasteiger partial charge in [-0.05, 0) is 46.3 Å². The Morgan fingerprint density at radius 1 is 1.35 bits per heavy atom. The highest BCUT2D eigenvalue weighted by Crippen LogP contribution is 2.15. The van der Waals surface area contributed by atoms with Crippen molar-refractivity contribution in [2.75, 3.05) is 11.9 Å². The summed E-state index contributed by atoms with van der Waals surface area (Å²) in [6.45, 7) is -0.201. The van der Waals surface area contributed by atoms with Gasteiger partial charge in [-0.15, -0.1) is 0 Å². The zero-order valence-corrected chi connectivity index (χ0v) is 12.5. The molecule has 0 unspecified atom stereocenters. The molecule has 20 heavy (non-hydrogen) atoms. The van der Waals surface area contributed by atoms with Crippen molar-refractivity contribution in [2.45, 2.75) is 0 Å². The Bertz CT molecular complexity index is 670. The van der Waals surface area contributed by atoms with E-state index in [4.69, 9.17) is 16.3 Å². The molecule has 0 atom stereocenters. The molecule has 0 aliphatic rings. The first-order valence-corrected chi connectivity index (χ1v) is 6.78. The summed E-state index contributed by atoms with van der Waals surface area (Å²) in [5.41, 5.74) is -0.225. The number of pyridine rings is 1. The van der Waals surface area contributed by atoms with Crippen molar-refractivity contribution in [2.24, 2.45) is 0 Å².